The highest BCUT2D eigenvalue weighted by Gasteiger charge is 2.11. The van der Waals surface area contributed by atoms with E-state index in [9.17, 15) is 4.79 Å². The highest BCUT2D eigenvalue weighted by atomic mass is 79.9. The van der Waals surface area contributed by atoms with Crippen LogP contribution >= 0.6 is 27.5 Å². The molecule has 0 unspecified atom stereocenters. The zero-order valence-electron chi connectivity index (χ0n) is 9.02. The van der Waals surface area contributed by atoms with Crippen LogP contribution in [0.3, 0.4) is 0 Å². The maximum absolute atomic E-state index is 11.0. The largest absolute Gasteiger partial charge is 0.478 e. The molecular weight excluding hydrogens is 320 g/mol. The van der Waals surface area contributed by atoms with Gasteiger partial charge in [-0.15, -0.1) is 0 Å². The molecular formula is C12H8BrClN2O2. The van der Waals surface area contributed by atoms with E-state index in [1.807, 2.05) is 0 Å². The van der Waals surface area contributed by atoms with Gasteiger partial charge >= 0.3 is 5.97 Å². The molecule has 1 aromatic heterocycles. The maximum atomic E-state index is 11.0. The molecule has 0 amide bonds. The molecule has 0 radical (unpaired) electrons. The van der Waals surface area contributed by atoms with Crippen LogP contribution in [-0.4, -0.2) is 16.1 Å². The monoisotopic (exact) mass is 326 g/mol. The number of carbonyl (C=O) groups is 1. The van der Waals surface area contributed by atoms with Crippen molar-refractivity contribution >= 4 is 45.0 Å². The number of hydrogen-bond acceptors (Lipinski definition) is 3. The molecule has 0 fully saturated rings. The van der Waals surface area contributed by atoms with E-state index in [4.69, 9.17) is 16.7 Å². The molecule has 1 aromatic carbocycles. The molecule has 0 aliphatic heterocycles. The van der Waals surface area contributed by atoms with E-state index < -0.39 is 5.97 Å². The Morgan fingerprint density at radius 3 is 2.89 bits per heavy atom. The molecule has 0 aliphatic carbocycles. The van der Waals surface area contributed by atoms with E-state index in [1.54, 1.807) is 24.3 Å². The highest BCUT2D eigenvalue weighted by molar-refractivity contribution is 9.10. The van der Waals surface area contributed by atoms with Gasteiger partial charge in [-0.1, -0.05) is 27.5 Å². The molecule has 2 N–H and O–H groups in total. The molecule has 0 spiro atoms. The average Bonchev–Trinajstić information content (AvgIpc) is 2.34. The van der Waals surface area contributed by atoms with E-state index in [2.05, 4.69) is 26.2 Å². The fraction of sp³-hybridized carbons (Fsp3) is 0. The zero-order valence-corrected chi connectivity index (χ0v) is 11.4. The van der Waals surface area contributed by atoms with Gasteiger partial charge in [0.25, 0.3) is 0 Å². The van der Waals surface area contributed by atoms with Gasteiger partial charge in [-0.2, -0.15) is 0 Å². The molecule has 0 atom stereocenters. The SMILES string of the molecule is O=C(O)c1cccnc1Nc1cc(Br)ccc1Cl. The number of aromatic carboxylic acids is 1. The quantitative estimate of drug-likeness (QED) is 0.896. The third-order valence-corrected chi connectivity index (χ3v) is 3.04. The number of carboxylic acids is 1. The van der Waals surface area contributed by atoms with Crippen LogP contribution in [0.1, 0.15) is 10.4 Å². The van der Waals surface area contributed by atoms with Crippen LogP contribution in [0.15, 0.2) is 41.0 Å². The summed E-state index contributed by atoms with van der Waals surface area (Å²) in [4.78, 5) is 15.0. The Labute approximate surface area is 117 Å². The fourth-order valence-corrected chi connectivity index (χ4v) is 1.92. The Morgan fingerprint density at radius 1 is 1.39 bits per heavy atom. The number of halogens is 2. The topological polar surface area (TPSA) is 62.2 Å². The van der Waals surface area contributed by atoms with Crippen LogP contribution in [0.25, 0.3) is 0 Å². The van der Waals surface area contributed by atoms with Crippen molar-refractivity contribution in [1.29, 1.82) is 0 Å². The van der Waals surface area contributed by atoms with Crippen molar-refractivity contribution in [1.82, 2.24) is 4.98 Å². The summed E-state index contributed by atoms with van der Waals surface area (Å²) in [5, 5.41) is 12.4. The van der Waals surface area contributed by atoms with Crippen LogP contribution in [0, 0.1) is 0 Å². The lowest BCUT2D eigenvalue weighted by Gasteiger charge is -2.10. The first kappa shape index (κ1) is 12.9. The second-order valence-corrected chi connectivity index (χ2v) is 4.78. The van der Waals surface area contributed by atoms with Gasteiger partial charge in [0.15, 0.2) is 0 Å². The Bertz CT molecular complexity index is 604. The van der Waals surface area contributed by atoms with Gasteiger partial charge in [0.2, 0.25) is 0 Å². The standard InChI is InChI=1S/C12H8BrClN2O2/c13-7-3-4-9(14)10(6-7)16-11-8(12(17)18)2-1-5-15-11/h1-6H,(H,15,16)(H,17,18). The maximum Gasteiger partial charge on any atom is 0.339 e. The zero-order chi connectivity index (χ0) is 13.1. The van der Waals surface area contributed by atoms with Gasteiger partial charge in [0, 0.05) is 10.7 Å². The molecule has 2 aromatic rings. The number of rotatable bonds is 3. The molecule has 0 saturated carbocycles. The van der Waals surface area contributed by atoms with Crippen molar-refractivity contribution in [3.63, 3.8) is 0 Å². The van der Waals surface area contributed by atoms with Gasteiger partial charge in [0.1, 0.15) is 11.4 Å². The van der Waals surface area contributed by atoms with Crippen LogP contribution in [0.2, 0.25) is 5.02 Å². The summed E-state index contributed by atoms with van der Waals surface area (Å²) in [5.74, 6) is -0.790. The molecule has 6 heteroatoms. The summed E-state index contributed by atoms with van der Waals surface area (Å²) in [5.41, 5.74) is 0.681. The Hall–Kier alpha value is -1.59. The number of nitrogens with zero attached hydrogens (tertiary/aromatic N) is 1. The van der Waals surface area contributed by atoms with E-state index in [0.717, 1.165) is 4.47 Å². The van der Waals surface area contributed by atoms with Crippen LogP contribution in [0.5, 0.6) is 0 Å². The van der Waals surface area contributed by atoms with Crippen molar-refractivity contribution in [2.24, 2.45) is 0 Å². The summed E-state index contributed by atoms with van der Waals surface area (Å²) < 4.78 is 0.835. The lowest BCUT2D eigenvalue weighted by molar-refractivity contribution is 0.0697. The summed E-state index contributed by atoms with van der Waals surface area (Å²) in [6.07, 6.45) is 1.51. The van der Waals surface area contributed by atoms with Crippen molar-refractivity contribution < 1.29 is 9.90 Å². The third kappa shape index (κ3) is 2.80. The van der Waals surface area contributed by atoms with Crippen LogP contribution in [0.4, 0.5) is 11.5 Å². The minimum atomic E-state index is -1.04. The van der Waals surface area contributed by atoms with E-state index in [0.29, 0.717) is 10.7 Å². The molecule has 0 saturated heterocycles. The van der Waals surface area contributed by atoms with Crippen molar-refractivity contribution in [2.75, 3.05) is 5.32 Å². The average molecular weight is 328 g/mol. The van der Waals surface area contributed by atoms with Crippen LogP contribution in [-0.2, 0) is 0 Å². The smallest absolute Gasteiger partial charge is 0.339 e. The number of pyridine rings is 1. The Kier molecular flexibility index (Phi) is 3.84. The summed E-state index contributed by atoms with van der Waals surface area (Å²) in [7, 11) is 0. The van der Waals surface area contributed by atoms with Crippen molar-refractivity contribution in [3.8, 4) is 0 Å². The Balaban J connectivity index is 2.40. The Morgan fingerprint density at radius 2 is 2.17 bits per heavy atom. The van der Waals surface area contributed by atoms with Crippen LogP contribution < -0.4 is 5.32 Å². The molecule has 1 heterocycles. The van der Waals surface area contributed by atoms with Crippen molar-refractivity contribution in [3.05, 3.63) is 51.6 Å². The van der Waals surface area contributed by atoms with Gasteiger partial charge in [-0.25, -0.2) is 9.78 Å². The summed E-state index contributed by atoms with van der Waals surface area (Å²) in [6, 6.07) is 8.30. The fourth-order valence-electron chi connectivity index (χ4n) is 1.40. The molecule has 0 aliphatic rings. The van der Waals surface area contributed by atoms with Gasteiger partial charge in [-0.05, 0) is 30.3 Å². The molecule has 0 bridgehead atoms. The predicted molar refractivity (Wildman–Crippen MR) is 73.6 cm³/mol. The van der Waals surface area contributed by atoms with E-state index in [-0.39, 0.29) is 11.4 Å². The minimum absolute atomic E-state index is 0.0912. The molecule has 92 valence electrons. The van der Waals surface area contributed by atoms with Crippen molar-refractivity contribution in [2.45, 2.75) is 0 Å². The first-order valence-electron chi connectivity index (χ1n) is 4.98. The molecule has 4 nitrogen and oxygen atoms in total. The van der Waals surface area contributed by atoms with E-state index in [1.165, 1.54) is 12.3 Å². The first-order chi connectivity index (χ1) is 8.58. The number of aromatic nitrogens is 1. The summed E-state index contributed by atoms with van der Waals surface area (Å²) in [6.45, 7) is 0. The molecule has 18 heavy (non-hydrogen) atoms. The second kappa shape index (κ2) is 5.37. The lowest BCUT2D eigenvalue weighted by Crippen LogP contribution is -2.04. The molecule has 2 rings (SSSR count). The summed E-state index contributed by atoms with van der Waals surface area (Å²) >= 11 is 9.34. The minimum Gasteiger partial charge on any atom is -0.478 e. The predicted octanol–water partition coefficient (Wildman–Crippen LogP) is 3.94. The number of carboxylic acid groups (broad SMARTS) is 1. The van der Waals surface area contributed by atoms with Gasteiger partial charge < -0.3 is 10.4 Å². The third-order valence-electron chi connectivity index (χ3n) is 2.22. The normalized spacial score (nSPS) is 10.1. The first-order valence-corrected chi connectivity index (χ1v) is 6.15. The number of hydrogen-bond donors (Lipinski definition) is 2. The second-order valence-electron chi connectivity index (χ2n) is 3.45. The highest BCUT2D eigenvalue weighted by Crippen LogP contribution is 2.28. The van der Waals surface area contributed by atoms with Gasteiger partial charge in [-0.3, -0.25) is 0 Å². The number of anilines is 2. The van der Waals surface area contributed by atoms with Gasteiger partial charge in [0.05, 0.1) is 10.7 Å². The number of nitrogens with one attached hydrogen (secondary N) is 1. The van der Waals surface area contributed by atoms with E-state index >= 15 is 0 Å². The number of benzene rings is 1. The lowest BCUT2D eigenvalue weighted by atomic mass is 10.2.